The van der Waals surface area contributed by atoms with Gasteiger partial charge in [-0.25, -0.2) is 5.84 Å². The number of nitrogens with zero attached hydrogens (tertiary/aromatic N) is 1. The molecule has 110 valence electrons. The number of benzene rings is 1. The summed E-state index contributed by atoms with van der Waals surface area (Å²) in [5.74, 6) is 4.66. The second-order valence-electron chi connectivity index (χ2n) is 4.10. The highest BCUT2D eigenvalue weighted by Crippen LogP contribution is 2.20. The third-order valence-corrected chi connectivity index (χ3v) is 2.64. The standard InChI is InChI=1S/C12H17N3O5/c13-14-12(17)2-1-5-20-8-9-3-4-10(7-16)11(6-9)15(18)19/h3-4,6,16H,1-2,5,7-8,13H2,(H,14,17). The number of nitrogens with one attached hydrogen (secondary N) is 1. The zero-order valence-electron chi connectivity index (χ0n) is 10.9. The lowest BCUT2D eigenvalue weighted by Crippen LogP contribution is -2.29. The highest BCUT2D eigenvalue weighted by Gasteiger charge is 2.13. The maximum atomic E-state index is 10.8. The van der Waals surface area contributed by atoms with Crippen molar-refractivity contribution >= 4 is 11.6 Å². The zero-order chi connectivity index (χ0) is 15.0. The molecule has 0 unspecified atom stereocenters. The normalized spacial score (nSPS) is 10.3. The number of aliphatic hydroxyl groups excluding tert-OH is 1. The van der Waals surface area contributed by atoms with Gasteiger partial charge in [-0.2, -0.15) is 0 Å². The predicted octanol–water partition coefficient (Wildman–Crippen LogP) is 0.374. The van der Waals surface area contributed by atoms with E-state index in [0.29, 0.717) is 18.6 Å². The molecule has 0 aliphatic rings. The van der Waals surface area contributed by atoms with E-state index in [1.165, 1.54) is 12.1 Å². The molecule has 8 nitrogen and oxygen atoms in total. The fourth-order valence-corrected chi connectivity index (χ4v) is 1.60. The molecule has 1 rings (SSSR count). The first-order valence-corrected chi connectivity index (χ1v) is 6.02. The molecule has 0 bridgehead atoms. The predicted molar refractivity (Wildman–Crippen MR) is 70.2 cm³/mol. The highest BCUT2D eigenvalue weighted by molar-refractivity contribution is 5.75. The number of rotatable bonds is 8. The maximum absolute atomic E-state index is 10.8. The molecule has 0 aromatic heterocycles. The summed E-state index contributed by atoms with van der Waals surface area (Å²) in [4.78, 5) is 21.1. The van der Waals surface area contributed by atoms with E-state index in [1.807, 2.05) is 5.43 Å². The number of nitro benzene ring substituents is 1. The van der Waals surface area contributed by atoms with E-state index in [-0.39, 0.29) is 36.8 Å². The molecule has 0 heterocycles. The van der Waals surface area contributed by atoms with Gasteiger partial charge in [0.25, 0.3) is 5.69 Å². The van der Waals surface area contributed by atoms with Gasteiger partial charge in [-0.15, -0.1) is 0 Å². The van der Waals surface area contributed by atoms with Crippen molar-refractivity contribution in [2.24, 2.45) is 5.84 Å². The van der Waals surface area contributed by atoms with Crippen molar-refractivity contribution in [3.63, 3.8) is 0 Å². The number of hydrazine groups is 1. The molecule has 0 aliphatic carbocycles. The quantitative estimate of drug-likeness (QED) is 0.208. The first kappa shape index (κ1) is 16.0. The van der Waals surface area contributed by atoms with Crippen molar-refractivity contribution in [2.75, 3.05) is 6.61 Å². The number of carbonyl (C=O) groups is 1. The van der Waals surface area contributed by atoms with E-state index in [0.717, 1.165) is 0 Å². The van der Waals surface area contributed by atoms with Crippen LogP contribution in [0.4, 0.5) is 5.69 Å². The monoisotopic (exact) mass is 283 g/mol. The van der Waals surface area contributed by atoms with Gasteiger partial charge < -0.3 is 9.84 Å². The largest absolute Gasteiger partial charge is 0.391 e. The summed E-state index contributed by atoms with van der Waals surface area (Å²) in [6.07, 6.45) is 0.778. The summed E-state index contributed by atoms with van der Waals surface area (Å²) in [5.41, 5.74) is 2.78. The molecule has 0 atom stereocenters. The zero-order valence-corrected chi connectivity index (χ0v) is 10.9. The fraction of sp³-hybridized carbons (Fsp3) is 0.417. The Morgan fingerprint density at radius 1 is 1.50 bits per heavy atom. The van der Waals surface area contributed by atoms with Gasteiger partial charge in [-0.3, -0.25) is 20.3 Å². The van der Waals surface area contributed by atoms with Crippen LogP contribution < -0.4 is 11.3 Å². The van der Waals surface area contributed by atoms with Crippen molar-refractivity contribution in [2.45, 2.75) is 26.1 Å². The molecule has 8 heteroatoms. The van der Waals surface area contributed by atoms with E-state index in [1.54, 1.807) is 6.07 Å². The van der Waals surface area contributed by atoms with Crippen LogP contribution in [-0.4, -0.2) is 22.5 Å². The van der Waals surface area contributed by atoms with Crippen LogP contribution in [0.15, 0.2) is 18.2 Å². The van der Waals surface area contributed by atoms with Crippen molar-refractivity contribution in [3.05, 3.63) is 39.4 Å². The minimum Gasteiger partial charge on any atom is -0.391 e. The lowest BCUT2D eigenvalue weighted by Gasteiger charge is -2.06. The molecule has 1 amide bonds. The minimum absolute atomic E-state index is 0.129. The number of carbonyl (C=O) groups excluding carboxylic acids is 1. The number of hydrogen-bond donors (Lipinski definition) is 3. The topological polar surface area (TPSA) is 128 Å². The average Bonchev–Trinajstić information content (AvgIpc) is 2.46. The summed E-state index contributed by atoms with van der Waals surface area (Å²) in [5, 5.41) is 19.8. The molecule has 4 N–H and O–H groups in total. The first-order valence-electron chi connectivity index (χ1n) is 6.02. The average molecular weight is 283 g/mol. The van der Waals surface area contributed by atoms with E-state index >= 15 is 0 Å². The Hall–Kier alpha value is -2.03. The van der Waals surface area contributed by atoms with Gasteiger partial charge in [0.15, 0.2) is 0 Å². The molecule has 0 spiro atoms. The van der Waals surface area contributed by atoms with Gasteiger partial charge in [0, 0.05) is 19.1 Å². The summed E-state index contributed by atoms with van der Waals surface area (Å²) < 4.78 is 5.32. The van der Waals surface area contributed by atoms with Gasteiger partial charge in [-0.1, -0.05) is 6.07 Å². The second-order valence-corrected chi connectivity index (χ2v) is 4.10. The third kappa shape index (κ3) is 4.92. The van der Waals surface area contributed by atoms with Gasteiger partial charge in [-0.05, 0) is 18.1 Å². The Morgan fingerprint density at radius 2 is 2.25 bits per heavy atom. The van der Waals surface area contributed by atoms with Crippen LogP contribution in [0.2, 0.25) is 0 Å². The van der Waals surface area contributed by atoms with Gasteiger partial charge in [0.05, 0.1) is 23.7 Å². The Balaban J connectivity index is 2.46. The minimum atomic E-state index is -0.541. The second kappa shape index (κ2) is 8.20. The lowest BCUT2D eigenvalue weighted by molar-refractivity contribution is -0.385. The van der Waals surface area contributed by atoms with Gasteiger partial charge in [0.1, 0.15) is 0 Å². The molecule has 0 saturated carbocycles. The molecule has 1 aromatic rings. The Labute approximate surface area is 115 Å². The molecular formula is C12H17N3O5. The summed E-state index contributed by atoms with van der Waals surface area (Å²) >= 11 is 0. The van der Waals surface area contributed by atoms with Crippen LogP contribution >= 0.6 is 0 Å². The molecule has 1 aromatic carbocycles. The smallest absolute Gasteiger partial charge is 0.275 e. The van der Waals surface area contributed by atoms with E-state index in [9.17, 15) is 14.9 Å². The lowest BCUT2D eigenvalue weighted by atomic mass is 10.1. The molecule has 0 saturated heterocycles. The maximum Gasteiger partial charge on any atom is 0.275 e. The van der Waals surface area contributed by atoms with Crippen LogP contribution in [0.5, 0.6) is 0 Å². The number of ether oxygens (including phenoxy) is 1. The highest BCUT2D eigenvalue weighted by atomic mass is 16.6. The summed E-state index contributed by atoms with van der Waals surface area (Å²) in [6, 6.07) is 4.53. The van der Waals surface area contributed by atoms with E-state index in [4.69, 9.17) is 15.7 Å². The van der Waals surface area contributed by atoms with Crippen molar-refractivity contribution in [1.29, 1.82) is 0 Å². The van der Waals surface area contributed by atoms with Crippen LogP contribution in [0.3, 0.4) is 0 Å². The summed E-state index contributed by atoms with van der Waals surface area (Å²) in [6.45, 7) is 0.172. The number of hydrogen-bond acceptors (Lipinski definition) is 6. The third-order valence-electron chi connectivity index (χ3n) is 2.64. The van der Waals surface area contributed by atoms with Crippen molar-refractivity contribution in [1.82, 2.24) is 5.43 Å². The molecule has 20 heavy (non-hydrogen) atoms. The fourth-order valence-electron chi connectivity index (χ4n) is 1.60. The van der Waals surface area contributed by atoms with Crippen LogP contribution in [0.25, 0.3) is 0 Å². The molecule has 0 aliphatic heterocycles. The van der Waals surface area contributed by atoms with Gasteiger partial charge in [0.2, 0.25) is 5.91 Å². The van der Waals surface area contributed by atoms with Crippen molar-refractivity contribution in [3.8, 4) is 0 Å². The Kier molecular flexibility index (Phi) is 6.57. The molecule has 0 fully saturated rings. The number of nitrogens with two attached hydrogens (primary N) is 1. The van der Waals surface area contributed by atoms with E-state index < -0.39 is 4.92 Å². The molecular weight excluding hydrogens is 266 g/mol. The first-order chi connectivity index (χ1) is 9.58. The Bertz CT molecular complexity index is 478. The van der Waals surface area contributed by atoms with Gasteiger partial charge >= 0.3 is 0 Å². The number of aliphatic hydroxyl groups is 1. The SMILES string of the molecule is NNC(=O)CCCOCc1ccc(CO)c([N+](=O)[O-])c1. The Morgan fingerprint density at radius 3 is 2.85 bits per heavy atom. The van der Waals surface area contributed by atoms with Crippen LogP contribution in [0, 0.1) is 10.1 Å². The number of amides is 1. The van der Waals surface area contributed by atoms with E-state index in [2.05, 4.69) is 0 Å². The number of nitro groups is 1. The molecule has 0 radical (unpaired) electrons. The van der Waals surface area contributed by atoms with Crippen LogP contribution in [0.1, 0.15) is 24.0 Å². The van der Waals surface area contributed by atoms with Crippen LogP contribution in [-0.2, 0) is 22.7 Å². The van der Waals surface area contributed by atoms with Crippen molar-refractivity contribution < 1.29 is 19.6 Å². The summed E-state index contributed by atoms with van der Waals surface area (Å²) in [7, 11) is 0.